The molecule has 0 saturated heterocycles. The Kier molecular flexibility index (Phi) is 5.07. The maximum absolute atomic E-state index is 4.30. The van der Waals surface area contributed by atoms with Gasteiger partial charge in [-0.25, -0.2) is 0 Å². The second kappa shape index (κ2) is 4.98. The molecule has 2 heteroatoms. The van der Waals surface area contributed by atoms with Gasteiger partial charge in [0.25, 0.3) is 0 Å². The number of hydrogen-bond acceptors (Lipinski definition) is 1. The molecule has 0 saturated carbocycles. The van der Waals surface area contributed by atoms with E-state index < -0.39 is 0 Å². The Hall–Kier alpha value is 0.155. The van der Waals surface area contributed by atoms with Crippen LogP contribution in [-0.2, 0) is 0 Å². The van der Waals surface area contributed by atoms with E-state index in [0.29, 0.717) is 11.0 Å². The second-order valence-electron chi connectivity index (χ2n) is 2.59. The number of rotatable bonds is 3. The minimum Gasteiger partial charge on any atom is -0.185 e. The van der Waals surface area contributed by atoms with E-state index in [9.17, 15) is 0 Å². The maximum Gasteiger partial charge on any atom is 0.143 e. The van der Waals surface area contributed by atoms with E-state index in [1.54, 1.807) is 0 Å². The van der Waals surface area contributed by atoms with Crippen molar-refractivity contribution in [2.45, 2.75) is 31.7 Å². The van der Waals surface area contributed by atoms with Crippen LogP contribution in [0.25, 0.3) is 0 Å². The Labute approximate surface area is 64.4 Å². The summed E-state index contributed by atoms with van der Waals surface area (Å²) in [6.45, 7) is 6.40. The van der Waals surface area contributed by atoms with Crippen molar-refractivity contribution in [1.29, 1.82) is 0 Å². The highest BCUT2D eigenvalue weighted by atomic mass is 32.1. The molecule has 0 nitrogen and oxygen atoms in total. The van der Waals surface area contributed by atoms with Crippen LogP contribution >= 0.6 is 12.6 Å². The fraction of sp³-hybridized carbons (Fsp3) is 0.714. The van der Waals surface area contributed by atoms with Crippen molar-refractivity contribution in [2.75, 3.05) is 0 Å². The van der Waals surface area contributed by atoms with Crippen LogP contribution in [0.15, 0.2) is 12.2 Å². The van der Waals surface area contributed by atoms with Crippen molar-refractivity contribution in [3.8, 4) is 0 Å². The van der Waals surface area contributed by atoms with Gasteiger partial charge in [-0.3, -0.25) is 0 Å². The Morgan fingerprint density at radius 1 is 1.44 bits per heavy atom. The molecule has 0 aromatic heterocycles. The van der Waals surface area contributed by atoms with E-state index in [1.807, 2.05) is 0 Å². The average molecular weight is 142 g/mol. The summed E-state index contributed by atoms with van der Waals surface area (Å²) < 4.78 is 0. The molecule has 0 aromatic rings. The smallest absolute Gasteiger partial charge is 0.143 e. The maximum atomic E-state index is 4.30. The Morgan fingerprint density at radius 2 is 2.00 bits per heavy atom. The standard InChI is InChI=1S/C7H15BS/c1-4-5-6(2)8-7(3)9/h4-9H,1-3H3. The van der Waals surface area contributed by atoms with Gasteiger partial charge in [-0.15, -0.1) is 0 Å². The summed E-state index contributed by atoms with van der Waals surface area (Å²) in [4.78, 5) is 0. The largest absolute Gasteiger partial charge is 0.185 e. The molecule has 0 N–H and O–H groups in total. The molecule has 9 heavy (non-hydrogen) atoms. The van der Waals surface area contributed by atoms with Gasteiger partial charge < -0.3 is 0 Å². The zero-order chi connectivity index (χ0) is 7.28. The molecule has 0 fully saturated rings. The summed E-state index contributed by atoms with van der Waals surface area (Å²) in [6, 6.07) is 0. The lowest BCUT2D eigenvalue weighted by Gasteiger charge is -2.04. The topological polar surface area (TPSA) is 0 Å². The van der Waals surface area contributed by atoms with Crippen LogP contribution in [-0.4, -0.2) is 12.4 Å². The SMILES string of the molecule is CC=CC(C)BC(C)S. The molecule has 0 aliphatic rings. The third-order valence-corrected chi connectivity index (χ3v) is 1.44. The van der Waals surface area contributed by atoms with Crippen LogP contribution in [0.4, 0.5) is 0 Å². The first-order valence-electron chi connectivity index (χ1n) is 3.47. The van der Waals surface area contributed by atoms with E-state index >= 15 is 0 Å². The van der Waals surface area contributed by atoms with Crippen molar-refractivity contribution < 1.29 is 0 Å². The normalized spacial score (nSPS) is 17.8. The predicted octanol–water partition coefficient (Wildman–Crippen LogP) is 2.08. The molecule has 2 atom stereocenters. The summed E-state index contributed by atoms with van der Waals surface area (Å²) >= 11 is 4.30. The highest BCUT2D eigenvalue weighted by molar-refractivity contribution is 7.82. The van der Waals surface area contributed by atoms with Crippen molar-refractivity contribution in [3.05, 3.63) is 12.2 Å². The van der Waals surface area contributed by atoms with Gasteiger partial charge in [-0.1, -0.05) is 26.0 Å². The molecule has 0 spiro atoms. The third-order valence-electron chi connectivity index (χ3n) is 1.23. The van der Waals surface area contributed by atoms with Gasteiger partial charge >= 0.3 is 0 Å². The van der Waals surface area contributed by atoms with Crippen LogP contribution in [0.5, 0.6) is 0 Å². The quantitative estimate of drug-likeness (QED) is 0.348. The first kappa shape index (κ1) is 9.15. The fourth-order valence-corrected chi connectivity index (χ4v) is 1.28. The molecule has 0 aliphatic carbocycles. The van der Waals surface area contributed by atoms with Gasteiger partial charge in [0.05, 0.1) is 0 Å². The van der Waals surface area contributed by atoms with Gasteiger partial charge in [0.1, 0.15) is 7.28 Å². The van der Waals surface area contributed by atoms with Gasteiger partial charge in [0.15, 0.2) is 0 Å². The van der Waals surface area contributed by atoms with Gasteiger partial charge in [0.2, 0.25) is 0 Å². The van der Waals surface area contributed by atoms with E-state index in [0.717, 1.165) is 0 Å². The molecule has 2 unspecified atom stereocenters. The molecule has 52 valence electrons. The summed E-state index contributed by atoms with van der Waals surface area (Å²) in [5, 5.41) is 0.524. The molecule has 0 rings (SSSR count). The monoisotopic (exact) mass is 142 g/mol. The lowest BCUT2D eigenvalue weighted by Crippen LogP contribution is -2.08. The first-order chi connectivity index (χ1) is 4.16. The summed E-state index contributed by atoms with van der Waals surface area (Å²) in [6.07, 6.45) is 4.31. The minimum absolute atomic E-state index is 0.524. The van der Waals surface area contributed by atoms with Crippen LogP contribution in [0.2, 0.25) is 5.82 Å². The van der Waals surface area contributed by atoms with Crippen molar-refractivity contribution in [2.24, 2.45) is 0 Å². The Morgan fingerprint density at radius 3 is 2.33 bits per heavy atom. The van der Waals surface area contributed by atoms with Gasteiger partial charge in [0, 0.05) is 0 Å². The molecular formula is C7H15BS. The molecule has 0 aromatic carbocycles. The number of allylic oxidation sites excluding steroid dienone is 2. The number of hydrogen-bond donors (Lipinski definition) is 1. The van der Waals surface area contributed by atoms with E-state index in [-0.39, 0.29) is 0 Å². The van der Waals surface area contributed by atoms with E-state index in [1.165, 1.54) is 7.28 Å². The zero-order valence-electron chi connectivity index (χ0n) is 6.46. The van der Waals surface area contributed by atoms with Crippen LogP contribution < -0.4 is 0 Å². The molecule has 0 amide bonds. The third kappa shape index (κ3) is 6.03. The van der Waals surface area contributed by atoms with Crippen molar-refractivity contribution in [3.63, 3.8) is 0 Å². The van der Waals surface area contributed by atoms with E-state index in [4.69, 9.17) is 0 Å². The number of thiol groups is 1. The van der Waals surface area contributed by atoms with Crippen molar-refractivity contribution >= 4 is 19.9 Å². The second-order valence-corrected chi connectivity index (χ2v) is 3.47. The highest BCUT2D eigenvalue weighted by Crippen LogP contribution is 2.07. The Bertz CT molecular complexity index is 88.9. The lowest BCUT2D eigenvalue weighted by atomic mass is 9.63. The summed E-state index contributed by atoms with van der Waals surface area (Å²) in [5.41, 5.74) is 0. The Balaban J connectivity index is 3.38. The lowest BCUT2D eigenvalue weighted by molar-refractivity contribution is 1.15. The molecule has 0 bridgehead atoms. The first-order valence-corrected chi connectivity index (χ1v) is 3.99. The van der Waals surface area contributed by atoms with E-state index in [2.05, 4.69) is 45.6 Å². The summed E-state index contributed by atoms with van der Waals surface area (Å²) in [5.74, 6) is 0.683. The van der Waals surface area contributed by atoms with Crippen LogP contribution in [0, 0.1) is 0 Å². The predicted molar refractivity (Wildman–Crippen MR) is 49.8 cm³/mol. The van der Waals surface area contributed by atoms with Crippen LogP contribution in [0.3, 0.4) is 0 Å². The van der Waals surface area contributed by atoms with Crippen LogP contribution in [0.1, 0.15) is 20.8 Å². The molecule has 0 radical (unpaired) electrons. The van der Waals surface area contributed by atoms with Gasteiger partial charge in [-0.05, 0) is 17.9 Å². The highest BCUT2D eigenvalue weighted by Gasteiger charge is 2.02. The average Bonchev–Trinajstić information content (AvgIpc) is 1.63. The zero-order valence-corrected chi connectivity index (χ0v) is 7.36. The fourth-order valence-electron chi connectivity index (χ4n) is 0.945. The minimum atomic E-state index is 0.524. The summed E-state index contributed by atoms with van der Waals surface area (Å²) in [7, 11) is 1.17. The molecular weight excluding hydrogens is 127 g/mol. The van der Waals surface area contributed by atoms with Crippen molar-refractivity contribution in [1.82, 2.24) is 0 Å². The van der Waals surface area contributed by atoms with Gasteiger partial charge in [-0.2, -0.15) is 12.6 Å². The molecule has 0 aliphatic heterocycles. The molecule has 0 heterocycles.